The van der Waals surface area contributed by atoms with Gasteiger partial charge in [0.2, 0.25) is 0 Å². The van der Waals surface area contributed by atoms with E-state index in [1.807, 2.05) is 6.92 Å². The Balaban J connectivity index is 2.02. The van der Waals surface area contributed by atoms with Crippen LogP contribution in [-0.4, -0.2) is 44.8 Å². The highest BCUT2D eigenvalue weighted by molar-refractivity contribution is 7.16. The number of aryl methyl sites for hydroxylation is 1. The van der Waals surface area contributed by atoms with Crippen molar-refractivity contribution >= 4 is 34.2 Å². The van der Waals surface area contributed by atoms with E-state index >= 15 is 0 Å². The molecule has 1 aromatic heterocycles. The molecule has 0 spiro atoms. The van der Waals surface area contributed by atoms with Gasteiger partial charge in [0.1, 0.15) is 5.00 Å². The highest BCUT2D eigenvalue weighted by atomic mass is 32.1. The second kappa shape index (κ2) is 11.3. The van der Waals surface area contributed by atoms with Crippen LogP contribution in [0.15, 0.2) is 24.3 Å². The van der Waals surface area contributed by atoms with Gasteiger partial charge in [0.25, 0.3) is 5.91 Å². The summed E-state index contributed by atoms with van der Waals surface area (Å²) >= 11 is 1.22. The molecule has 1 heterocycles. The molecule has 0 aliphatic rings. The van der Waals surface area contributed by atoms with Gasteiger partial charge in [-0.05, 0) is 37.6 Å². The summed E-state index contributed by atoms with van der Waals surface area (Å²) in [6, 6.07) is 5.13. The number of thiophene rings is 1. The van der Waals surface area contributed by atoms with E-state index in [-0.39, 0.29) is 29.2 Å². The second-order valence-corrected chi connectivity index (χ2v) is 7.03. The topological polar surface area (TPSA) is 100 Å². The van der Waals surface area contributed by atoms with Gasteiger partial charge in [0.05, 0.1) is 24.8 Å². The molecule has 0 bridgehead atoms. The molecular weight excluding hydrogens is 436 g/mol. The van der Waals surface area contributed by atoms with E-state index < -0.39 is 31.1 Å². The highest BCUT2D eigenvalue weighted by Gasteiger charge is 2.20. The molecule has 1 N–H and O–H groups in total. The number of ether oxygens (including phenoxy) is 4. The fourth-order valence-electron chi connectivity index (χ4n) is 2.43. The first-order valence-electron chi connectivity index (χ1n) is 9.18. The summed E-state index contributed by atoms with van der Waals surface area (Å²) < 4.78 is 43.9. The summed E-state index contributed by atoms with van der Waals surface area (Å²) in [6.45, 7) is 0.0774. The molecule has 0 saturated heterocycles. The van der Waals surface area contributed by atoms with Crippen LogP contribution in [0, 0.1) is 0 Å². The van der Waals surface area contributed by atoms with Gasteiger partial charge in [-0.25, -0.2) is 9.59 Å². The summed E-state index contributed by atoms with van der Waals surface area (Å²) in [5.41, 5.74) is 0.200. The molecule has 0 saturated carbocycles. The number of esters is 2. The van der Waals surface area contributed by atoms with Crippen molar-refractivity contribution < 1.29 is 42.1 Å². The molecule has 0 radical (unpaired) electrons. The average Bonchev–Trinajstić information content (AvgIpc) is 3.15. The summed E-state index contributed by atoms with van der Waals surface area (Å²) in [4.78, 5) is 37.3. The van der Waals surface area contributed by atoms with E-state index in [1.165, 1.54) is 24.5 Å². The van der Waals surface area contributed by atoms with Crippen molar-refractivity contribution in [1.29, 1.82) is 0 Å². The summed E-state index contributed by atoms with van der Waals surface area (Å²) in [5.74, 6) is -2.44. The van der Waals surface area contributed by atoms with E-state index in [2.05, 4.69) is 10.1 Å². The number of carbonyl (C=O) groups excluding carboxylic acids is 3. The highest BCUT2D eigenvalue weighted by Crippen LogP contribution is 2.30. The third kappa shape index (κ3) is 6.64. The van der Waals surface area contributed by atoms with Crippen molar-refractivity contribution in [2.24, 2.45) is 0 Å². The quantitative estimate of drug-likeness (QED) is 0.540. The molecule has 0 atom stereocenters. The number of rotatable bonds is 10. The van der Waals surface area contributed by atoms with Crippen molar-refractivity contribution in [2.75, 3.05) is 25.6 Å². The molecule has 0 aliphatic heterocycles. The van der Waals surface area contributed by atoms with Crippen LogP contribution >= 0.6 is 11.3 Å². The molecular formula is C20H21F2NO7S. The number of anilines is 1. The van der Waals surface area contributed by atoms with E-state index in [1.54, 1.807) is 13.0 Å². The van der Waals surface area contributed by atoms with E-state index in [9.17, 15) is 23.2 Å². The predicted octanol–water partition coefficient (Wildman–Crippen LogP) is 3.89. The number of alkyl halides is 2. The summed E-state index contributed by atoms with van der Waals surface area (Å²) in [6.07, 6.45) is 0.662. The number of halogens is 2. The number of hydrogen-bond acceptors (Lipinski definition) is 8. The van der Waals surface area contributed by atoms with Crippen LogP contribution in [0.2, 0.25) is 0 Å². The van der Waals surface area contributed by atoms with Crippen molar-refractivity contribution in [3.8, 4) is 11.5 Å². The molecule has 0 unspecified atom stereocenters. The normalized spacial score (nSPS) is 10.5. The lowest BCUT2D eigenvalue weighted by Crippen LogP contribution is -2.21. The maximum absolute atomic E-state index is 12.4. The standard InChI is InChI=1S/C20H21F2NO7S/c1-4-12-9-13(19(26)28-5-2)17(31-12)23-16(24)10-29-18(25)11-6-7-14(30-20(21)22)15(8-11)27-3/h6-9,20H,4-5,10H2,1-3H3,(H,23,24). The van der Waals surface area contributed by atoms with Crippen molar-refractivity contribution in [2.45, 2.75) is 26.9 Å². The largest absolute Gasteiger partial charge is 0.493 e. The SMILES string of the molecule is CCOC(=O)c1cc(CC)sc1NC(=O)COC(=O)c1ccc(OC(F)F)c(OC)c1. The number of methoxy groups -OCH3 is 1. The molecule has 1 amide bonds. The Bertz CT molecular complexity index is 946. The van der Waals surface area contributed by atoms with Crippen LogP contribution in [0.4, 0.5) is 13.8 Å². The van der Waals surface area contributed by atoms with Gasteiger partial charge in [-0.1, -0.05) is 6.92 Å². The lowest BCUT2D eigenvalue weighted by Gasteiger charge is -2.11. The zero-order chi connectivity index (χ0) is 23.0. The molecule has 168 valence electrons. The number of benzene rings is 1. The van der Waals surface area contributed by atoms with Crippen LogP contribution in [0.5, 0.6) is 11.5 Å². The first-order chi connectivity index (χ1) is 14.8. The van der Waals surface area contributed by atoms with Crippen molar-refractivity contribution in [3.63, 3.8) is 0 Å². The fourth-order valence-corrected chi connectivity index (χ4v) is 3.44. The van der Waals surface area contributed by atoms with Gasteiger partial charge >= 0.3 is 18.6 Å². The molecule has 8 nitrogen and oxygen atoms in total. The van der Waals surface area contributed by atoms with E-state index in [0.717, 1.165) is 17.0 Å². The van der Waals surface area contributed by atoms with Gasteiger partial charge < -0.3 is 24.3 Å². The maximum atomic E-state index is 12.4. The number of carbonyl (C=O) groups is 3. The molecule has 2 aromatic rings. The Hall–Kier alpha value is -3.21. The van der Waals surface area contributed by atoms with Crippen molar-refractivity contribution in [3.05, 3.63) is 40.3 Å². The number of hydrogen-bond donors (Lipinski definition) is 1. The van der Waals surface area contributed by atoms with E-state index in [0.29, 0.717) is 11.4 Å². The van der Waals surface area contributed by atoms with Gasteiger partial charge in [-0.2, -0.15) is 8.78 Å². The van der Waals surface area contributed by atoms with Gasteiger partial charge in [0, 0.05) is 4.88 Å². The summed E-state index contributed by atoms with van der Waals surface area (Å²) in [5, 5.41) is 2.84. The van der Waals surface area contributed by atoms with Crippen LogP contribution in [-0.2, 0) is 20.7 Å². The van der Waals surface area contributed by atoms with Gasteiger partial charge in [-0.15, -0.1) is 11.3 Å². The van der Waals surface area contributed by atoms with Crippen LogP contribution in [0.25, 0.3) is 0 Å². The Morgan fingerprint density at radius 1 is 1.06 bits per heavy atom. The molecule has 0 fully saturated rings. The monoisotopic (exact) mass is 457 g/mol. The van der Waals surface area contributed by atoms with E-state index in [4.69, 9.17) is 14.2 Å². The zero-order valence-electron chi connectivity index (χ0n) is 17.0. The third-order valence-corrected chi connectivity index (χ3v) is 5.02. The van der Waals surface area contributed by atoms with Gasteiger partial charge in [-0.3, -0.25) is 4.79 Å². The lowest BCUT2D eigenvalue weighted by atomic mass is 10.2. The zero-order valence-corrected chi connectivity index (χ0v) is 17.8. The molecule has 11 heteroatoms. The molecule has 1 aromatic carbocycles. The third-order valence-electron chi connectivity index (χ3n) is 3.83. The van der Waals surface area contributed by atoms with Crippen molar-refractivity contribution in [1.82, 2.24) is 0 Å². The lowest BCUT2D eigenvalue weighted by molar-refractivity contribution is -0.119. The number of amides is 1. The van der Waals surface area contributed by atoms with Gasteiger partial charge in [0.15, 0.2) is 18.1 Å². The second-order valence-electron chi connectivity index (χ2n) is 5.90. The summed E-state index contributed by atoms with van der Waals surface area (Å²) in [7, 11) is 1.23. The first kappa shape index (κ1) is 24.1. The van der Waals surface area contributed by atoms with Crippen LogP contribution in [0.3, 0.4) is 0 Å². The fraction of sp³-hybridized carbons (Fsp3) is 0.350. The smallest absolute Gasteiger partial charge is 0.387 e. The minimum absolute atomic E-state index is 0.0251. The first-order valence-corrected chi connectivity index (χ1v) is 10.00. The Morgan fingerprint density at radius 2 is 1.81 bits per heavy atom. The Morgan fingerprint density at radius 3 is 2.42 bits per heavy atom. The average molecular weight is 457 g/mol. The Kier molecular flexibility index (Phi) is 8.74. The van der Waals surface area contributed by atoms with Crippen LogP contribution < -0.4 is 14.8 Å². The van der Waals surface area contributed by atoms with Crippen LogP contribution in [0.1, 0.15) is 39.4 Å². The minimum atomic E-state index is -3.06. The minimum Gasteiger partial charge on any atom is -0.493 e. The molecule has 2 rings (SSSR count). The molecule has 31 heavy (non-hydrogen) atoms. The maximum Gasteiger partial charge on any atom is 0.387 e. The predicted molar refractivity (Wildman–Crippen MR) is 108 cm³/mol. The number of nitrogens with one attached hydrogen (secondary N) is 1. The Labute approximate surface area is 181 Å². The molecule has 0 aliphatic carbocycles.